The molecule has 0 spiro atoms. The highest BCUT2D eigenvalue weighted by molar-refractivity contribution is 5.83. The second-order valence-electron chi connectivity index (χ2n) is 4.81. The highest BCUT2D eigenvalue weighted by Gasteiger charge is 2.45. The van der Waals surface area contributed by atoms with Crippen LogP contribution >= 0.6 is 0 Å². The van der Waals surface area contributed by atoms with Crippen molar-refractivity contribution in [1.29, 1.82) is 0 Å². The number of aliphatic carboxylic acids is 1. The lowest BCUT2D eigenvalue weighted by Gasteiger charge is -2.28. The van der Waals surface area contributed by atoms with Gasteiger partial charge in [-0.2, -0.15) is 0 Å². The molecule has 5 nitrogen and oxygen atoms in total. The van der Waals surface area contributed by atoms with Gasteiger partial charge >= 0.3 is 5.97 Å². The van der Waals surface area contributed by atoms with Gasteiger partial charge in [0.05, 0.1) is 18.4 Å². The Hall–Kier alpha value is -1.10. The fourth-order valence-corrected chi connectivity index (χ4v) is 1.83. The molecule has 1 saturated carbocycles. The lowest BCUT2D eigenvalue weighted by atomic mass is 9.94. The van der Waals surface area contributed by atoms with Crippen LogP contribution in [0.2, 0.25) is 0 Å². The van der Waals surface area contributed by atoms with Crippen molar-refractivity contribution in [3.8, 4) is 0 Å². The summed E-state index contributed by atoms with van der Waals surface area (Å²) in [5.74, 6) is -1.09. The molecule has 1 fully saturated rings. The number of amides is 1. The van der Waals surface area contributed by atoms with Gasteiger partial charge in [0.15, 0.2) is 0 Å². The largest absolute Gasteiger partial charge is 0.481 e. The zero-order valence-corrected chi connectivity index (χ0v) is 10.7. The van der Waals surface area contributed by atoms with Crippen molar-refractivity contribution in [1.82, 2.24) is 5.32 Å². The third kappa shape index (κ3) is 4.00. The summed E-state index contributed by atoms with van der Waals surface area (Å²) >= 11 is 0. The van der Waals surface area contributed by atoms with E-state index in [1.807, 2.05) is 13.8 Å². The van der Waals surface area contributed by atoms with Crippen molar-refractivity contribution in [2.24, 2.45) is 5.92 Å². The fraction of sp³-hybridized carbons (Fsp3) is 0.833. The maximum Gasteiger partial charge on any atom is 0.305 e. The Morgan fingerprint density at radius 2 is 2.12 bits per heavy atom. The highest BCUT2D eigenvalue weighted by Crippen LogP contribution is 2.34. The van der Waals surface area contributed by atoms with E-state index >= 15 is 0 Å². The van der Waals surface area contributed by atoms with Gasteiger partial charge in [0.1, 0.15) is 0 Å². The number of carbonyl (C=O) groups excluding carboxylic acids is 1. The summed E-state index contributed by atoms with van der Waals surface area (Å²) in [6.45, 7) is 6.13. The van der Waals surface area contributed by atoms with Gasteiger partial charge in [-0.25, -0.2) is 0 Å². The van der Waals surface area contributed by atoms with E-state index in [9.17, 15) is 9.59 Å². The average Bonchev–Trinajstić information content (AvgIpc) is 2.96. The van der Waals surface area contributed by atoms with Gasteiger partial charge in [-0.15, -0.1) is 0 Å². The number of carboxylic acids is 1. The lowest BCUT2D eigenvalue weighted by molar-refractivity contribution is -0.139. The van der Waals surface area contributed by atoms with E-state index in [0.29, 0.717) is 13.0 Å². The SMILES string of the molecule is CCOC1CC1C(=O)NC(C)(CC)CC(=O)O. The molecule has 5 heteroatoms. The number of hydrogen-bond acceptors (Lipinski definition) is 3. The van der Waals surface area contributed by atoms with E-state index < -0.39 is 11.5 Å². The van der Waals surface area contributed by atoms with E-state index in [1.54, 1.807) is 6.92 Å². The predicted octanol–water partition coefficient (Wildman–Crippen LogP) is 1.17. The molecule has 0 saturated heterocycles. The van der Waals surface area contributed by atoms with Crippen molar-refractivity contribution in [2.45, 2.75) is 51.7 Å². The molecule has 0 aromatic rings. The lowest BCUT2D eigenvalue weighted by Crippen LogP contribution is -2.48. The second kappa shape index (κ2) is 5.49. The summed E-state index contributed by atoms with van der Waals surface area (Å²) in [5.41, 5.74) is -0.664. The molecular formula is C12H21NO4. The predicted molar refractivity (Wildman–Crippen MR) is 62.6 cm³/mol. The first-order valence-electron chi connectivity index (χ1n) is 6.07. The van der Waals surface area contributed by atoms with Crippen LogP contribution in [0.15, 0.2) is 0 Å². The third-order valence-electron chi connectivity index (χ3n) is 3.20. The van der Waals surface area contributed by atoms with Crippen LogP contribution in [0.3, 0.4) is 0 Å². The smallest absolute Gasteiger partial charge is 0.305 e. The van der Waals surface area contributed by atoms with Gasteiger partial charge < -0.3 is 15.2 Å². The number of carbonyl (C=O) groups is 2. The Balaban J connectivity index is 2.46. The standard InChI is InChI=1S/C12H21NO4/c1-4-12(3,7-10(14)15)13-11(16)8-6-9(8)17-5-2/h8-9H,4-7H2,1-3H3,(H,13,16)(H,14,15). The molecule has 0 bridgehead atoms. The maximum absolute atomic E-state index is 11.9. The van der Waals surface area contributed by atoms with Gasteiger partial charge in [0.25, 0.3) is 0 Å². The van der Waals surface area contributed by atoms with Gasteiger partial charge in [0, 0.05) is 12.1 Å². The van der Waals surface area contributed by atoms with Crippen LogP contribution in [-0.2, 0) is 14.3 Å². The van der Waals surface area contributed by atoms with E-state index in [-0.39, 0.29) is 24.3 Å². The van der Waals surface area contributed by atoms with E-state index in [1.165, 1.54) is 0 Å². The Kier molecular flexibility index (Phi) is 4.51. The Labute approximate surface area is 102 Å². The van der Waals surface area contributed by atoms with Crippen molar-refractivity contribution in [3.63, 3.8) is 0 Å². The van der Waals surface area contributed by atoms with Gasteiger partial charge in [-0.3, -0.25) is 9.59 Å². The van der Waals surface area contributed by atoms with Crippen molar-refractivity contribution in [2.75, 3.05) is 6.61 Å². The normalized spacial score (nSPS) is 26.1. The number of hydrogen-bond donors (Lipinski definition) is 2. The average molecular weight is 243 g/mol. The van der Waals surface area contributed by atoms with E-state index in [4.69, 9.17) is 9.84 Å². The second-order valence-corrected chi connectivity index (χ2v) is 4.81. The zero-order valence-electron chi connectivity index (χ0n) is 10.7. The van der Waals surface area contributed by atoms with Crippen LogP contribution in [0, 0.1) is 5.92 Å². The summed E-state index contributed by atoms with van der Waals surface area (Å²) in [7, 11) is 0. The van der Waals surface area contributed by atoms with Crippen molar-refractivity contribution in [3.05, 3.63) is 0 Å². The molecule has 1 amide bonds. The number of carboxylic acid groups (broad SMARTS) is 1. The van der Waals surface area contributed by atoms with Crippen molar-refractivity contribution < 1.29 is 19.4 Å². The third-order valence-corrected chi connectivity index (χ3v) is 3.20. The van der Waals surface area contributed by atoms with Crippen LogP contribution in [0.25, 0.3) is 0 Å². The Bertz CT molecular complexity index is 305. The first kappa shape index (κ1) is 14.0. The number of nitrogens with one attached hydrogen (secondary N) is 1. The molecule has 0 radical (unpaired) electrons. The zero-order chi connectivity index (χ0) is 13.1. The number of rotatable bonds is 7. The fourth-order valence-electron chi connectivity index (χ4n) is 1.83. The Morgan fingerprint density at radius 1 is 1.47 bits per heavy atom. The van der Waals surface area contributed by atoms with Gasteiger partial charge in [0.2, 0.25) is 5.91 Å². The van der Waals surface area contributed by atoms with Gasteiger partial charge in [-0.1, -0.05) is 6.92 Å². The van der Waals surface area contributed by atoms with Crippen molar-refractivity contribution >= 4 is 11.9 Å². The summed E-state index contributed by atoms with van der Waals surface area (Å²) in [5, 5.41) is 11.6. The minimum Gasteiger partial charge on any atom is -0.481 e. The summed E-state index contributed by atoms with van der Waals surface area (Å²) in [6, 6.07) is 0. The molecule has 2 N–H and O–H groups in total. The first-order valence-corrected chi connectivity index (χ1v) is 6.07. The maximum atomic E-state index is 11.9. The molecule has 0 aliphatic heterocycles. The molecule has 98 valence electrons. The molecule has 3 atom stereocenters. The van der Waals surface area contributed by atoms with E-state index in [2.05, 4.69) is 5.32 Å². The van der Waals surface area contributed by atoms with Crippen LogP contribution in [0.5, 0.6) is 0 Å². The molecule has 1 aliphatic rings. The molecule has 0 aromatic carbocycles. The molecule has 17 heavy (non-hydrogen) atoms. The molecule has 1 aliphatic carbocycles. The van der Waals surface area contributed by atoms with Gasteiger partial charge in [-0.05, 0) is 26.7 Å². The monoisotopic (exact) mass is 243 g/mol. The summed E-state index contributed by atoms with van der Waals surface area (Å²) < 4.78 is 5.34. The van der Waals surface area contributed by atoms with Crippen LogP contribution in [0.1, 0.15) is 40.0 Å². The molecule has 0 heterocycles. The highest BCUT2D eigenvalue weighted by atomic mass is 16.5. The minimum atomic E-state index is -0.896. The molecule has 0 aromatic heterocycles. The molecule has 3 unspecified atom stereocenters. The number of ether oxygens (including phenoxy) is 1. The summed E-state index contributed by atoms with van der Waals surface area (Å²) in [4.78, 5) is 22.6. The molecule has 1 rings (SSSR count). The molecular weight excluding hydrogens is 222 g/mol. The van der Waals surface area contributed by atoms with Crippen LogP contribution in [-0.4, -0.2) is 35.2 Å². The quantitative estimate of drug-likeness (QED) is 0.703. The summed E-state index contributed by atoms with van der Waals surface area (Å²) in [6.07, 6.45) is 1.30. The van der Waals surface area contributed by atoms with E-state index in [0.717, 1.165) is 6.42 Å². The first-order chi connectivity index (χ1) is 7.91. The van der Waals surface area contributed by atoms with Crippen LogP contribution in [0.4, 0.5) is 0 Å². The Morgan fingerprint density at radius 3 is 2.59 bits per heavy atom. The van der Waals surface area contributed by atoms with Crippen LogP contribution < -0.4 is 5.32 Å². The topological polar surface area (TPSA) is 75.6 Å². The minimum absolute atomic E-state index is 0.0194.